The summed E-state index contributed by atoms with van der Waals surface area (Å²) in [5, 5.41) is 2.82. The molecule has 0 radical (unpaired) electrons. The van der Waals surface area contributed by atoms with Gasteiger partial charge in [0.25, 0.3) is 0 Å². The van der Waals surface area contributed by atoms with Gasteiger partial charge in [0, 0.05) is 13.1 Å². The van der Waals surface area contributed by atoms with Gasteiger partial charge in [0.1, 0.15) is 17.9 Å². The van der Waals surface area contributed by atoms with Gasteiger partial charge in [-0.2, -0.15) is 0 Å². The van der Waals surface area contributed by atoms with Crippen molar-refractivity contribution in [1.82, 2.24) is 5.32 Å². The van der Waals surface area contributed by atoms with Crippen molar-refractivity contribution in [3.63, 3.8) is 0 Å². The molecule has 24 heavy (non-hydrogen) atoms. The lowest BCUT2D eigenvalue weighted by molar-refractivity contribution is -0.134. The van der Waals surface area contributed by atoms with Crippen LogP contribution in [0.25, 0.3) is 0 Å². The zero-order chi connectivity index (χ0) is 17.1. The van der Waals surface area contributed by atoms with Crippen LogP contribution in [-0.4, -0.2) is 50.3 Å². The Morgan fingerprint density at radius 1 is 1.38 bits per heavy atom. The second-order valence-corrected chi connectivity index (χ2v) is 6.07. The van der Waals surface area contributed by atoms with Crippen LogP contribution >= 0.6 is 0 Å². The van der Waals surface area contributed by atoms with Crippen molar-refractivity contribution in [2.45, 2.75) is 37.5 Å². The minimum Gasteiger partial charge on any atom is -0.495 e. The molecule has 2 amide bonds. The molecule has 2 saturated heterocycles. The Kier molecular flexibility index (Phi) is 5.01. The zero-order valence-electron chi connectivity index (χ0n) is 13.7. The van der Waals surface area contributed by atoms with Gasteiger partial charge in [-0.25, -0.2) is 0 Å². The lowest BCUT2D eigenvalue weighted by Gasteiger charge is -2.20. The number of benzene rings is 1. The number of nitrogens with two attached hydrogens (primary N) is 1. The summed E-state index contributed by atoms with van der Waals surface area (Å²) in [5.74, 6) is 0.287. The van der Waals surface area contributed by atoms with Crippen molar-refractivity contribution >= 4 is 17.5 Å². The number of carbonyl (C=O) groups excluding carboxylic acids is 2. The van der Waals surface area contributed by atoms with E-state index in [1.807, 2.05) is 24.3 Å². The maximum Gasteiger partial charge on any atom is 0.249 e. The number of ether oxygens (including phenoxy) is 2. The molecule has 0 aromatic heterocycles. The van der Waals surface area contributed by atoms with Crippen molar-refractivity contribution < 1.29 is 19.1 Å². The third-order valence-electron chi connectivity index (χ3n) is 4.56. The Morgan fingerprint density at radius 2 is 2.17 bits per heavy atom. The van der Waals surface area contributed by atoms with Crippen LogP contribution in [0.4, 0.5) is 5.69 Å². The van der Waals surface area contributed by atoms with E-state index in [-0.39, 0.29) is 17.9 Å². The normalized spacial score (nSPS) is 26.7. The molecule has 0 spiro atoms. The van der Waals surface area contributed by atoms with E-state index in [1.54, 1.807) is 12.0 Å². The first kappa shape index (κ1) is 16.7. The molecule has 1 unspecified atom stereocenters. The first-order valence-electron chi connectivity index (χ1n) is 8.24. The third-order valence-corrected chi connectivity index (χ3v) is 4.56. The molecule has 3 N–H and O–H groups in total. The van der Waals surface area contributed by atoms with Gasteiger partial charge in [-0.3, -0.25) is 9.59 Å². The van der Waals surface area contributed by atoms with Crippen LogP contribution in [0.15, 0.2) is 24.3 Å². The van der Waals surface area contributed by atoms with Gasteiger partial charge in [-0.05, 0) is 31.4 Å². The summed E-state index contributed by atoms with van der Waals surface area (Å²) in [6.07, 6.45) is 1.41. The van der Waals surface area contributed by atoms with Crippen molar-refractivity contribution in [2.75, 3.05) is 25.1 Å². The quantitative estimate of drug-likeness (QED) is 0.815. The molecule has 7 heteroatoms. The molecule has 3 rings (SSSR count). The molecule has 0 bridgehead atoms. The lowest BCUT2D eigenvalue weighted by Crippen LogP contribution is -2.45. The smallest absolute Gasteiger partial charge is 0.249 e. The van der Waals surface area contributed by atoms with Crippen molar-refractivity contribution in [3.05, 3.63) is 24.3 Å². The van der Waals surface area contributed by atoms with Crippen LogP contribution in [0.5, 0.6) is 5.75 Å². The average Bonchev–Trinajstić information content (AvgIpc) is 3.22. The second-order valence-electron chi connectivity index (χ2n) is 6.07. The molecule has 0 saturated carbocycles. The molecule has 1 aromatic rings. The highest BCUT2D eigenvalue weighted by Crippen LogP contribution is 2.31. The number of nitrogens with zero attached hydrogens (tertiary/aromatic N) is 1. The van der Waals surface area contributed by atoms with E-state index < -0.39 is 12.1 Å². The maximum atomic E-state index is 12.6. The number of carbonyl (C=O) groups is 2. The maximum absolute atomic E-state index is 12.6. The predicted octanol–water partition coefficient (Wildman–Crippen LogP) is 0.423. The fourth-order valence-electron chi connectivity index (χ4n) is 3.24. The number of methoxy groups -OCH3 is 1. The van der Waals surface area contributed by atoms with E-state index in [9.17, 15) is 9.59 Å². The molecule has 2 heterocycles. The Morgan fingerprint density at radius 3 is 2.88 bits per heavy atom. The Balaban J connectivity index is 1.63. The summed E-state index contributed by atoms with van der Waals surface area (Å²) in [7, 11) is 1.57. The average molecular weight is 333 g/mol. The molecule has 3 atom stereocenters. The molecular weight excluding hydrogens is 310 g/mol. The molecule has 0 aliphatic carbocycles. The highest BCUT2D eigenvalue weighted by Gasteiger charge is 2.37. The lowest BCUT2D eigenvalue weighted by atomic mass is 10.1. The summed E-state index contributed by atoms with van der Waals surface area (Å²) >= 11 is 0. The molecule has 7 nitrogen and oxygen atoms in total. The zero-order valence-corrected chi connectivity index (χ0v) is 13.7. The van der Waals surface area contributed by atoms with Crippen LogP contribution in [0, 0.1) is 0 Å². The molecular formula is C17H23N3O4. The second kappa shape index (κ2) is 7.19. The van der Waals surface area contributed by atoms with Gasteiger partial charge >= 0.3 is 0 Å². The largest absolute Gasteiger partial charge is 0.495 e. The summed E-state index contributed by atoms with van der Waals surface area (Å²) < 4.78 is 10.9. The molecule has 2 aliphatic heterocycles. The number of hydrogen-bond acceptors (Lipinski definition) is 5. The summed E-state index contributed by atoms with van der Waals surface area (Å²) in [5.41, 5.74) is 6.29. The SMILES string of the molecule is COc1ccccc1N1CCC(NC(=O)[C@@H]2CC[C@H](CN)O2)C1=O. The highest BCUT2D eigenvalue weighted by atomic mass is 16.5. The Bertz CT molecular complexity index is 622. The summed E-state index contributed by atoms with van der Waals surface area (Å²) in [4.78, 5) is 26.6. The highest BCUT2D eigenvalue weighted by molar-refractivity contribution is 6.02. The van der Waals surface area contributed by atoms with E-state index in [2.05, 4.69) is 5.32 Å². The van der Waals surface area contributed by atoms with E-state index in [1.165, 1.54) is 0 Å². The standard InChI is InChI=1S/C17H23N3O4/c1-23-14-5-3-2-4-13(14)20-9-8-12(17(20)22)19-16(21)15-7-6-11(10-18)24-15/h2-5,11-12,15H,6-10,18H2,1H3,(H,19,21)/t11-,12?,15+/m1/s1. The van der Waals surface area contributed by atoms with E-state index in [4.69, 9.17) is 15.2 Å². The fraction of sp³-hybridized carbons (Fsp3) is 0.529. The minimum atomic E-state index is -0.525. The van der Waals surface area contributed by atoms with Gasteiger partial charge in [0.15, 0.2) is 0 Å². The van der Waals surface area contributed by atoms with Crippen LogP contribution in [0.2, 0.25) is 0 Å². The number of rotatable bonds is 5. The van der Waals surface area contributed by atoms with E-state index in [0.29, 0.717) is 31.7 Å². The Hall–Kier alpha value is -2.12. The van der Waals surface area contributed by atoms with Crippen LogP contribution in [0.3, 0.4) is 0 Å². The van der Waals surface area contributed by atoms with Gasteiger partial charge < -0.3 is 25.4 Å². The van der Waals surface area contributed by atoms with Crippen LogP contribution in [0.1, 0.15) is 19.3 Å². The fourth-order valence-corrected chi connectivity index (χ4v) is 3.24. The van der Waals surface area contributed by atoms with Crippen LogP contribution in [-0.2, 0) is 14.3 Å². The van der Waals surface area contributed by atoms with Crippen molar-refractivity contribution in [3.8, 4) is 5.75 Å². The monoisotopic (exact) mass is 333 g/mol. The van der Waals surface area contributed by atoms with Crippen molar-refractivity contribution in [2.24, 2.45) is 5.73 Å². The summed E-state index contributed by atoms with van der Waals surface area (Å²) in [6.45, 7) is 0.953. The number of nitrogens with one attached hydrogen (secondary N) is 1. The molecule has 1 aromatic carbocycles. The van der Waals surface area contributed by atoms with E-state index in [0.717, 1.165) is 12.1 Å². The van der Waals surface area contributed by atoms with Gasteiger partial charge in [0.2, 0.25) is 11.8 Å². The molecule has 2 aliphatic rings. The number of amides is 2. The third kappa shape index (κ3) is 3.22. The van der Waals surface area contributed by atoms with Crippen LogP contribution < -0.4 is 20.7 Å². The number of anilines is 1. The van der Waals surface area contributed by atoms with Crippen molar-refractivity contribution in [1.29, 1.82) is 0 Å². The number of hydrogen-bond donors (Lipinski definition) is 2. The molecule has 130 valence electrons. The molecule has 2 fully saturated rings. The van der Waals surface area contributed by atoms with E-state index >= 15 is 0 Å². The Labute approximate surface area is 141 Å². The first-order valence-corrected chi connectivity index (χ1v) is 8.24. The topological polar surface area (TPSA) is 93.9 Å². The summed E-state index contributed by atoms with van der Waals surface area (Å²) in [6, 6.07) is 6.84. The minimum absolute atomic E-state index is 0.0647. The van der Waals surface area contributed by atoms with Gasteiger partial charge in [-0.15, -0.1) is 0 Å². The van der Waals surface area contributed by atoms with Gasteiger partial charge in [-0.1, -0.05) is 12.1 Å². The number of para-hydroxylation sites is 2. The predicted molar refractivity (Wildman–Crippen MR) is 88.8 cm³/mol. The first-order chi connectivity index (χ1) is 11.6. The van der Waals surface area contributed by atoms with Gasteiger partial charge in [0.05, 0.1) is 18.9 Å².